The summed E-state index contributed by atoms with van der Waals surface area (Å²) in [7, 11) is 0. The molecule has 1 aromatic rings. The van der Waals surface area contributed by atoms with Crippen LogP contribution in [0.2, 0.25) is 0 Å². The first-order chi connectivity index (χ1) is 7.08. The van der Waals surface area contributed by atoms with Crippen LogP contribution in [0.3, 0.4) is 0 Å². The second-order valence-corrected chi connectivity index (χ2v) is 5.08. The molecule has 0 bridgehead atoms. The summed E-state index contributed by atoms with van der Waals surface area (Å²) in [5, 5.41) is 4.28. The van der Waals surface area contributed by atoms with Gasteiger partial charge in [0.25, 0.3) is 5.91 Å². The summed E-state index contributed by atoms with van der Waals surface area (Å²) in [5.74, 6) is 0.315. The van der Waals surface area contributed by atoms with Crippen LogP contribution < -0.4 is 16.8 Å². The van der Waals surface area contributed by atoms with Gasteiger partial charge in [0.1, 0.15) is 4.88 Å². The molecule has 15 heavy (non-hydrogen) atoms. The molecule has 0 spiro atoms. The van der Waals surface area contributed by atoms with Gasteiger partial charge < -0.3 is 16.8 Å². The van der Waals surface area contributed by atoms with Gasteiger partial charge in [-0.2, -0.15) is 0 Å². The standard InChI is InChI=1S/C10H15N3OS/c1-5(6-2-3-6)13-8-4-7(11)9(15-8)10(12)14/h4-6,13H,2-3,11H2,1H3,(H2,12,14). The zero-order valence-electron chi connectivity index (χ0n) is 8.62. The van der Waals surface area contributed by atoms with E-state index >= 15 is 0 Å². The molecule has 0 aliphatic heterocycles. The van der Waals surface area contributed by atoms with Crippen LogP contribution >= 0.6 is 11.3 Å². The summed E-state index contributed by atoms with van der Waals surface area (Å²) in [6.45, 7) is 2.15. The van der Waals surface area contributed by atoms with Crippen molar-refractivity contribution in [3.8, 4) is 0 Å². The van der Waals surface area contributed by atoms with E-state index in [1.807, 2.05) is 0 Å². The highest BCUT2D eigenvalue weighted by Crippen LogP contribution is 2.36. The molecule has 1 fully saturated rings. The molecular weight excluding hydrogens is 210 g/mol. The molecule has 0 aromatic carbocycles. The Morgan fingerprint density at radius 3 is 2.80 bits per heavy atom. The summed E-state index contributed by atoms with van der Waals surface area (Å²) < 4.78 is 0. The number of rotatable bonds is 4. The van der Waals surface area contributed by atoms with Gasteiger partial charge in [-0.05, 0) is 31.7 Å². The highest BCUT2D eigenvalue weighted by atomic mass is 32.1. The SMILES string of the molecule is CC(Nc1cc(N)c(C(N)=O)s1)C1CC1. The van der Waals surface area contributed by atoms with Crippen molar-refractivity contribution >= 4 is 27.9 Å². The lowest BCUT2D eigenvalue weighted by Gasteiger charge is -2.11. The van der Waals surface area contributed by atoms with Crippen molar-refractivity contribution in [1.29, 1.82) is 0 Å². The fraction of sp³-hybridized carbons (Fsp3) is 0.500. The van der Waals surface area contributed by atoms with E-state index in [2.05, 4.69) is 12.2 Å². The van der Waals surface area contributed by atoms with Crippen molar-refractivity contribution in [1.82, 2.24) is 0 Å². The fourth-order valence-corrected chi connectivity index (χ4v) is 2.54. The normalized spacial score (nSPS) is 17.4. The first-order valence-corrected chi connectivity index (χ1v) is 5.85. The maximum Gasteiger partial charge on any atom is 0.260 e. The molecule has 0 saturated heterocycles. The fourth-order valence-electron chi connectivity index (χ4n) is 1.61. The number of primary amides is 1. The molecule has 1 amide bonds. The van der Waals surface area contributed by atoms with Gasteiger partial charge >= 0.3 is 0 Å². The van der Waals surface area contributed by atoms with Crippen molar-refractivity contribution in [3.05, 3.63) is 10.9 Å². The second-order valence-electron chi connectivity index (χ2n) is 4.03. The van der Waals surface area contributed by atoms with Crippen molar-refractivity contribution in [2.24, 2.45) is 11.7 Å². The maximum atomic E-state index is 11.0. The number of anilines is 2. The van der Waals surface area contributed by atoms with Crippen LogP contribution in [0.1, 0.15) is 29.4 Å². The Labute approximate surface area is 92.6 Å². The minimum atomic E-state index is -0.454. The lowest BCUT2D eigenvalue weighted by atomic mass is 10.2. The summed E-state index contributed by atoms with van der Waals surface area (Å²) in [4.78, 5) is 11.4. The van der Waals surface area contributed by atoms with E-state index in [0.717, 1.165) is 10.9 Å². The molecule has 5 N–H and O–H groups in total. The Bertz CT molecular complexity index is 384. The summed E-state index contributed by atoms with van der Waals surface area (Å²) >= 11 is 1.33. The largest absolute Gasteiger partial charge is 0.397 e. The van der Waals surface area contributed by atoms with Gasteiger partial charge in [-0.15, -0.1) is 11.3 Å². The molecule has 0 radical (unpaired) electrons. The molecule has 82 valence electrons. The molecule has 1 aromatic heterocycles. The number of hydrogen-bond acceptors (Lipinski definition) is 4. The zero-order valence-corrected chi connectivity index (χ0v) is 9.43. The van der Waals surface area contributed by atoms with Crippen LogP contribution in [0.5, 0.6) is 0 Å². The Hall–Kier alpha value is -1.23. The topological polar surface area (TPSA) is 81.1 Å². The average molecular weight is 225 g/mol. The van der Waals surface area contributed by atoms with E-state index in [1.165, 1.54) is 24.2 Å². The molecular formula is C10H15N3OS. The first kappa shape index (κ1) is 10.3. The Balaban J connectivity index is 2.08. The first-order valence-electron chi connectivity index (χ1n) is 5.03. The number of carbonyl (C=O) groups excluding carboxylic acids is 1. The number of nitrogens with one attached hydrogen (secondary N) is 1. The molecule has 1 unspecified atom stereocenters. The van der Waals surface area contributed by atoms with E-state index in [-0.39, 0.29) is 0 Å². The van der Waals surface area contributed by atoms with E-state index < -0.39 is 5.91 Å². The lowest BCUT2D eigenvalue weighted by Crippen LogP contribution is -2.16. The van der Waals surface area contributed by atoms with Crippen molar-refractivity contribution in [2.45, 2.75) is 25.8 Å². The number of carbonyl (C=O) groups is 1. The van der Waals surface area contributed by atoms with Crippen molar-refractivity contribution < 1.29 is 4.79 Å². The van der Waals surface area contributed by atoms with E-state index in [1.54, 1.807) is 6.07 Å². The molecule has 2 rings (SSSR count). The summed E-state index contributed by atoms with van der Waals surface area (Å²) in [6, 6.07) is 2.23. The number of hydrogen-bond donors (Lipinski definition) is 3. The third kappa shape index (κ3) is 2.23. The highest BCUT2D eigenvalue weighted by molar-refractivity contribution is 7.18. The van der Waals surface area contributed by atoms with Crippen LogP contribution in [0, 0.1) is 5.92 Å². The molecule has 1 aliphatic carbocycles. The zero-order chi connectivity index (χ0) is 11.0. The predicted octanol–water partition coefficient (Wildman–Crippen LogP) is 1.64. The average Bonchev–Trinajstić information content (AvgIpc) is 2.91. The van der Waals surface area contributed by atoms with Crippen LogP contribution in [0.15, 0.2) is 6.07 Å². The summed E-state index contributed by atoms with van der Waals surface area (Å²) in [6.07, 6.45) is 2.58. The lowest BCUT2D eigenvalue weighted by molar-refractivity contribution is 0.100. The van der Waals surface area contributed by atoms with Crippen LogP contribution in [-0.2, 0) is 0 Å². The monoisotopic (exact) mass is 225 g/mol. The van der Waals surface area contributed by atoms with Gasteiger partial charge in [-0.25, -0.2) is 0 Å². The van der Waals surface area contributed by atoms with E-state index in [0.29, 0.717) is 16.6 Å². The van der Waals surface area contributed by atoms with Gasteiger partial charge in [-0.1, -0.05) is 0 Å². The van der Waals surface area contributed by atoms with Crippen LogP contribution in [0.4, 0.5) is 10.7 Å². The molecule has 4 nitrogen and oxygen atoms in total. The van der Waals surface area contributed by atoms with Gasteiger partial charge in [0.05, 0.1) is 10.7 Å². The number of nitrogens with two attached hydrogens (primary N) is 2. The third-order valence-corrected chi connectivity index (χ3v) is 3.78. The predicted molar refractivity (Wildman–Crippen MR) is 63.1 cm³/mol. The Kier molecular flexibility index (Phi) is 2.56. The van der Waals surface area contributed by atoms with Crippen molar-refractivity contribution in [3.63, 3.8) is 0 Å². The number of thiophene rings is 1. The Morgan fingerprint density at radius 1 is 1.67 bits per heavy atom. The summed E-state index contributed by atoms with van der Waals surface area (Å²) in [5.41, 5.74) is 11.3. The second kappa shape index (κ2) is 3.73. The smallest absolute Gasteiger partial charge is 0.260 e. The minimum absolute atomic E-state index is 0.445. The van der Waals surface area contributed by atoms with Crippen LogP contribution in [0.25, 0.3) is 0 Å². The number of amides is 1. The maximum absolute atomic E-state index is 11.0. The highest BCUT2D eigenvalue weighted by Gasteiger charge is 2.28. The molecule has 1 aliphatic rings. The molecule has 1 heterocycles. The quantitative estimate of drug-likeness (QED) is 0.728. The minimum Gasteiger partial charge on any atom is -0.397 e. The van der Waals surface area contributed by atoms with E-state index in [4.69, 9.17) is 11.5 Å². The third-order valence-electron chi connectivity index (χ3n) is 2.68. The van der Waals surface area contributed by atoms with Gasteiger partial charge in [0, 0.05) is 6.04 Å². The van der Waals surface area contributed by atoms with Crippen LogP contribution in [-0.4, -0.2) is 11.9 Å². The van der Waals surface area contributed by atoms with Gasteiger partial charge in [0.2, 0.25) is 0 Å². The van der Waals surface area contributed by atoms with Gasteiger partial charge in [0.15, 0.2) is 0 Å². The Morgan fingerprint density at radius 2 is 2.33 bits per heavy atom. The molecule has 1 saturated carbocycles. The molecule has 1 atom stereocenters. The van der Waals surface area contributed by atoms with Crippen molar-refractivity contribution in [2.75, 3.05) is 11.1 Å². The molecule has 5 heteroatoms. The van der Waals surface area contributed by atoms with E-state index in [9.17, 15) is 4.79 Å². The number of nitrogen functional groups attached to an aromatic ring is 1. The van der Waals surface area contributed by atoms with Gasteiger partial charge in [-0.3, -0.25) is 4.79 Å².